The van der Waals surface area contributed by atoms with E-state index in [1.54, 1.807) is 0 Å². The van der Waals surface area contributed by atoms with Gasteiger partial charge in [0.2, 0.25) is 0 Å². The molecule has 21 heavy (non-hydrogen) atoms. The number of hydrogen-bond acceptors (Lipinski definition) is 4. The highest BCUT2D eigenvalue weighted by atomic mass is 32.2. The molecular formula is C17H20N2S2. The van der Waals surface area contributed by atoms with Crippen molar-refractivity contribution in [1.29, 1.82) is 0 Å². The predicted molar refractivity (Wildman–Crippen MR) is 94.4 cm³/mol. The smallest absolute Gasteiger partial charge is 0.157 e. The van der Waals surface area contributed by atoms with E-state index in [4.69, 9.17) is 4.99 Å². The van der Waals surface area contributed by atoms with Gasteiger partial charge in [0.15, 0.2) is 5.17 Å². The molecule has 2 heterocycles. The summed E-state index contributed by atoms with van der Waals surface area (Å²) in [4.78, 5) is 6.25. The summed E-state index contributed by atoms with van der Waals surface area (Å²) in [6, 6.07) is 15.8. The lowest BCUT2D eigenvalue weighted by Crippen LogP contribution is -2.31. The number of hydrogen-bond donors (Lipinski definition) is 1. The first kappa shape index (κ1) is 14.7. The SMILES string of the molecule is CC(Cc1cccs1)NC1=NC(Cc2ccccc2)CS1. The van der Waals surface area contributed by atoms with Crippen molar-refractivity contribution in [3.8, 4) is 0 Å². The maximum atomic E-state index is 4.82. The zero-order chi connectivity index (χ0) is 14.5. The number of aliphatic imine (C=N–C) groups is 1. The molecule has 1 N–H and O–H groups in total. The van der Waals surface area contributed by atoms with Crippen molar-refractivity contribution >= 4 is 28.3 Å². The van der Waals surface area contributed by atoms with Crippen LogP contribution in [0.2, 0.25) is 0 Å². The van der Waals surface area contributed by atoms with Crippen LogP contribution in [0.3, 0.4) is 0 Å². The molecule has 0 amide bonds. The number of rotatable bonds is 5. The van der Waals surface area contributed by atoms with Crippen molar-refractivity contribution in [2.45, 2.75) is 31.8 Å². The van der Waals surface area contributed by atoms with Gasteiger partial charge in [-0.3, -0.25) is 4.99 Å². The first-order valence-corrected chi connectivity index (χ1v) is 9.19. The maximum Gasteiger partial charge on any atom is 0.157 e. The summed E-state index contributed by atoms with van der Waals surface area (Å²) in [5.74, 6) is 1.09. The highest BCUT2D eigenvalue weighted by Crippen LogP contribution is 2.21. The molecule has 1 aliphatic rings. The van der Waals surface area contributed by atoms with E-state index in [0.717, 1.165) is 23.8 Å². The molecular weight excluding hydrogens is 296 g/mol. The quantitative estimate of drug-likeness (QED) is 0.902. The van der Waals surface area contributed by atoms with E-state index in [-0.39, 0.29) is 0 Å². The van der Waals surface area contributed by atoms with Gasteiger partial charge in [-0.1, -0.05) is 48.2 Å². The summed E-state index contributed by atoms with van der Waals surface area (Å²) in [6.45, 7) is 2.23. The van der Waals surface area contributed by atoms with Crippen LogP contribution in [0.4, 0.5) is 0 Å². The van der Waals surface area contributed by atoms with Gasteiger partial charge in [-0.2, -0.15) is 0 Å². The Kier molecular flexibility index (Phi) is 4.99. The largest absolute Gasteiger partial charge is 0.362 e. The van der Waals surface area contributed by atoms with Crippen LogP contribution in [0, 0.1) is 0 Å². The van der Waals surface area contributed by atoms with Crippen molar-refractivity contribution < 1.29 is 0 Å². The lowest BCUT2D eigenvalue weighted by Gasteiger charge is -2.13. The Morgan fingerprint density at radius 2 is 2.10 bits per heavy atom. The van der Waals surface area contributed by atoms with Crippen molar-refractivity contribution in [3.05, 3.63) is 58.3 Å². The Morgan fingerprint density at radius 3 is 2.86 bits per heavy atom. The van der Waals surface area contributed by atoms with Crippen LogP contribution in [0.25, 0.3) is 0 Å². The van der Waals surface area contributed by atoms with Crippen LogP contribution in [0.1, 0.15) is 17.4 Å². The molecule has 1 aromatic heterocycles. The summed E-state index contributed by atoms with van der Waals surface area (Å²) in [7, 11) is 0. The van der Waals surface area contributed by atoms with Gasteiger partial charge < -0.3 is 5.32 Å². The third-order valence-corrected chi connectivity index (χ3v) is 5.43. The van der Waals surface area contributed by atoms with E-state index in [0.29, 0.717) is 12.1 Å². The summed E-state index contributed by atoms with van der Waals surface area (Å²) in [5, 5.41) is 6.80. The first-order valence-electron chi connectivity index (χ1n) is 7.33. The van der Waals surface area contributed by atoms with E-state index in [2.05, 4.69) is 60.1 Å². The summed E-state index contributed by atoms with van der Waals surface area (Å²) in [5.41, 5.74) is 1.37. The maximum absolute atomic E-state index is 4.82. The van der Waals surface area contributed by atoms with Gasteiger partial charge >= 0.3 is 0 Å². The third-order valence-electron chi connectivity index (χ3n) is 3.48. The van der Waals surface area contributed by atoms with Crippen LogP contribution in [-0.4, -0.2) is 23.0 Å². The Labute approximate surface area is 134 Å². The van der Waals surface area contributed by atoms with E-state index in [1.165, 1.54) is 10.4 Å². The molecule has 110 valence electrons. The Bertz CT molecular complexity index is 578. The topological polar surface area (TPSA) is 24.4 Å². The molecule has 0 saturated carbocycles. The Hall–Kier alpha value is -1.26. The second-order valence-corrected chi connectivity index (χ2v) is 7.46. The highest BCUT2D eigenvalue weighted by molar-refractivity contribution is 8.14. The van der Waals surface area contributed by atoms with Crippen LogP contribution < -0.4 is 5.32 Å². The van der Waals surface area contributed by atoms with Gasteiger partial charge in [-0.25, -0.2) is 0 Å². The molecule has 2 aromatic rings. The normalized spacial score (nSPS) is 19.3. The Morgan fingerprint density at radius 1 is 1.24 bits per heavy atom. The fourth-order valence-electron chi connectivity index (χ4n) is 2.48. The number of amidine groups is 1. The summed E-state index contributed by atoms with van der Waals surface area (Å²) in [6.07, 6.45) is 2.11. The Balaban J connectivity index is 1.51. The van der Waals surface area contributed by atoms with Gasteiger partial charge in [-0.15, -0.1) is 11.3 Å². The monoisotopic (exact) mass is 316 g/mol. The van der Waals surface area contributed by atoms with Gasteiger partial charge in [-0.05, 0) is 30.4 Å². The molecule has 0 saturated heterocycles. The van der Waals surface area contributed by atoms with Crippen molar-refractivity contribution in [1.82, 2.24) is 5.32 Å². The zero-order valence-corrected chi connectivity index (χ0v) is 13.8. The molecule has 0 spiro atoms. The standard InChI is InChI=1S/C17H20N2S2/c1-13(10-16-8-5-9-20-16)18-17-19-15(12-21-17)11-14-6-3-2-4-7-14/h2-9,13,15H,10-12H2,1H3,(H,18,19). The minimum Gasteiger partial charge on any atom is -0.362 e. The van der Waals surface area contributed by atoms with Crippen LogP contribution in [0.15, 0.2) is 52.8 Å². The zero-order valence-electron chi connectivity index (χ0n) is 12.2. The first-order chi connectivity index (χ1) is 10.3. The second-order valence-electron chi connectivity index (χ2n) is 5.42. The number of thiophene rings is 1. The van der Waals surface area contributed by atoms with Crippen LogP contribution in [-0.2, 0) is 12.8 Å². The third kappa shape index (κ3) is 4.35. The molecule has 0 aliphatic carbocycles. The van der Waals surface area contributed by atoms with Gasteiger partial charge in [0.05, 0.1) is 6.04 Å². The second kappa shape index (κ2) is 7.14. The van der Waals surface area contributed by atoms with Crippen molar-refractivity contribution in [2.75, 3.05) is 5.75 Å². The van der Waals surface area contributed by atoms with Crippen LogP contribution >= 0.6 is 23.1 Å². The molecule has 2 nitrogen and oxygen atoms in total. The summed E-state index contributed by atoms with van der Waals surface area (Å²) < 4.78 is 0. The van der Waals surface area contributed by atoms with E-state index < -0.39 is 0 Å². The van der Waals surface area contributed by atoms with Crippen molar-refractivity contribution in [2.24, 2.45) is 4.99 Å². The number of nitrogens with zero attached hydrogens (tertiary/aromatic N) is 1. The predicted octanol–water partition coefficient (Wildman–Crippen LogP) is 3.98. The highest BCUT2D eigenvalue weighted by Gasteiger charge is 2.19. The summed E-state index contributed by atoms with van der Waals surface area (Å²) >= 11 is 3.68. The van der Waals surface area contributed by atoms with E-state index >= 15 is 0 Å². The van der Waals surface area contributed by atoms with E-state index in [1.807, 2.05) is 23.1 Å². The molecule has 0 bridgehead atoms. The average Bonchev–Trinajstić information content (AvgIpc) is 3.12. The van der Waals surface area contributed by atoms with Gasteiger partial charge in [0, 0.05) is 23.1 Å². The molecule has 0 radical (unpaired) electrons. The molecule has 2 atom stereocenters. The van der Waals surface area contributed by atoms with E-state index in [9.17, 15) is 0 Å². The molecule has 4 heteroatoms. The molecule has 1 aliphatic heterocycles. The van der Waals surface area contributed by atoms with Crippen LogP contribution in [0.5, 0.6) is 0 Å². The minimum atomic E-state index is 0.411. The van der Waals surface area contributed by atoms with Gasteiger partial charge in [0.1, 0.15) is 0 Å². The minimum absolute atomic E-state index is 0.411. The number of nitrogens with one attached hydrogen (secondary N) is 1. The fourth-order valence-corrected chi connectivity index (χ4v) is 4.36. The number of benzene rings is 1. The van der Waals surface area contributed by atoms with Crippen molar-refractivity contribution in [3.63, 3.8) is 0 Å². The molecule has 2 unspecified atom stereocenters. The molecule has 1 aromatic carbocycles. The van der Waals surface area contributed by atoms with Gasteiger partial charge in [0.25, 0.3) is 0 Å². The molecule has 0 fully saturated rings. The average molecular weight is 316 g/mol. The number of thioether (sulfide) groups is 1. The lowest BCUT2D eigenvalue weighted by molar-refractivity contribution is 0.665. The molecule has 3 rings (SSSR count). The lowest BCUT2D eigenvalue weighted by atomic mass is 10.1. The fraction of sp³-hybridized carbons (Fsp3) is 0.353.